The summed E-state index contributed by atoms with van der Waals surface area (Å²) in [4.78, 5) is 11.7. The molecule has 0 spiro atoms. The van der Waals surface area contributed by atoms with Crippen LogP contribution in [0.2, 0.25) is 0 Å². The van der Waals surface area contributed by atoms with Gasteiger partial charge in [-0.1, -0.05) is 42.5 Å². The smallest absolute Gasteiger partial charge is 0.224 e. The van der Waals surface area contributed by atoms with Gasteiger partial charge in [-0.2, -0.15) is 0 Å². The Hall–Kier alpha value is -1.57. The SMILES string of the molecule is C=C(C)CNC(=O)C1CC1c1ccccc1. The van der Waals surface area contributed by atoms with Gasteiger partial charge in [0.15, 0.2) is 0 Å². The monoisotopic (exact) mass is 215 g/mol. The molecule has 1 fully saturated rings. The van der Waals surface area contributed by atoms with Gasteiger partial charge < -0.3 is 5.32 Å². The van der Waals surface area contributed by atoms with Crippen molar-refractivity contribution in [2.45, 2.75) is 19.3 Å². The van der Waals surface area contributed by atoms with E-state index in [1.54, 1.807) is 0 Å². The Kier molecular flexibility index (Phi) is 3.09. The molecule has 2 heteroatoms. The number of nitrogens with one attached hydrogen (secondary N) is 1. The minimum absolute atomic E-state index is 0.164. The molecule has 1 saturated carbocycles. The first-order chi connectivity index (χ1) is 7.68. The lowest BCUT2D eigenvalue weighted by Gasteiger charge is -2.04. The highest BCUT2D eigenvalue weighted by molar-refractivity contribution is 5.83. The topological polar surface area (TPSA) is 29.1 Å². The quantitative estimate of drug-likeness (QED) is 0.768. The van der Waals surface area contributed by atoms with Crippen LogP contribution in [-0.4, -0.2) is 12.5 Å². The molecule has 0 heterocycles. The van der Waals surface area contributed by atoms with Crippen LogP contribution in [0.15, 0.2) is 42.5 Å². The van der Waals surface area contributed by atoms with E-state index in [1.165, 1.54) is 5.56 Å². The Morgan fingerprint density at radius 3 is 2.75 bits per heavy atom. The van der Waals surface area contributed by atoms with E-state index in [-0.39, 0.29) is 11.8 Å². The molecule has 1 amide bonds. The Labute approximate surface area is 96.4 Å². The maximum absolute atomic E-state index is 11.7. The van der Waals surface area contributed by atoms with Crippen molar-refractivity contribution in [2.24, 2.45) is 5.92 Å². The summed E-state index contributed by atoms with van der Waals surface area (Å²) < 4.78 is 0. The molecular weight excluding hydrogens is 198 g/mol. The second kappa shape index (κ2) is 4.52. The van der Waals surface area contributed by atoms with E-state index in [0.29, 0.717) is 12.5 Å². The summed E-state index contributed by atoms with van der Waals surface area (Å²) in [5.74, 6) is 0.755. The molecule has 1 N–H and O–H groups in total. The third-order valence-corrected chi connectivity index (χ3v) is 2.92. The van der Waals surface area contributed by atoms with Crippen LogP contribution < -0.4 is 5.32 Å². The Morgan fingerprint density at radius 2 is 2.12 bits per heavy atom. The molecule has 0 saturated heterocycles. The Morgan fingerprint density at radius 1 is 1.44 bits per heavy atom. The number of carbonyl (C=O) groups excluding carboxylic acids is 1. The van der Waals surface area contributed by atoms with Crippen molar-refractivity contribution in [1.82, 2.24) is 5.32 Å². The summed E-state index contributed by atoms with van der Waals surface area (Å²) in [5, 5.41) is 2.91. The standard InChI is InChI=1S/C14H17NO/c1-10(2)9-15-14(16)13-8-12(13)11-6-4-3-5-7-11/h3-7,12-13H,1,8-9H2,2H3,(H,15,16). The Bertz CT molecular complexity index is 396. The minimum atomic E-state index is 0.164. The third-order valence-electron chi connectivity index (χ3n) is 2.92. The van der Waals surface area contributed by atoms with Crippen molar-refractivity contribution >= 4 is 5.91 Å². The average Bonchev–Trinajstić information content (AvgIpc) is 3.07. The highest BCUT2D eigenvalue weighted by Gasteiger charge is 2.43. The van der Waals surface area contributed by atoms with Crippen molar-refractivity contribution in [3.8, 4) is 0 Å². The zero-order chi connectivity index (χ0) is 11.5. The minimum Gasteiger partial charge on any atom is -0.352 e. The average molecular weight is 215 g/mol. The molecule has 2 nitrogen and oxygen atoms in total. The molecule has 2 atom stereocenters. The highest BCUT2D eigenvalue weighted by Crippen LogP contribution is 2.47. The van der Waals surface area contributed by atoms with Crippen molar-refractivity contribution in [2.75, 3.05) is 6.54 Å². The molecule has 1 aliphatic rings. The van der Waals surface area contributed by atoms with Crippen LogP contribution >= 0.6 is 0 Å². The van der Waals surface area contributed by atoms with E-state index in [2.05, 4.69) is 24.0 Å². The molecule has 1 aliphatic carbocycles. The molecule has 0 aliphatic heterocycles. The fraction of sp³-hybridized carbons (Fsp3) is 0.357. The van der Waals surface area contributed by atoms with E-state index < -0.39 is 0 Å². The van der Waals surface area contributed by atoms with Crippen LogP contribution in [0.5, 0.6) is 0 Å². The molecule has 2 rings (SSSR count). The molecule has 0 bridgehead atoms. The lowest BCUT2D eigenvalue weighted by molar-refractivity contribution is -0.122. The number of amides is 1. The van der Waals surface area contributed by atoms with Crippen molar-refractivity contribution in [1.29, 1.82) is 0 Å². The molecular formula is C14H17NO. The van der Waals surface area contributed by atoms with Crippen LogP contribution in [0, 0.1) is 5.92 Å². The van der Waals surface area contributed by atoms with E-state index in [9.17, 15) is 4.79 Å². The number of hydrogen-bond donors (Lipinski definition) is 1. The van der Waals surface area contributed by atoms with Gasteiger partial charge >= 0.3 is 0 Å². The normalized spacial score (nSPS) is 22.6. The fourth-order valence-electron chi connectivity index (χ4n) is 1.92. The zero-order valence-corrected chi connectivity index (χ0v) is 9.57. The predicted molar refractivity (Wildman–Crippen MR) is 65.1 cm³/mol. The van der Waals surface area contributed by atoms with E-state index in [4.69, 9.17) is 0 Å². The second-order valence-electron chi connectivity index (χ2n) is 4.53. The number of rotatable bonds is 4. The largest absolute Gasteiger partial charge is 0.352 e. The van der Waals surface area contributed by atoms with Gasteiger partial charge in [0.1, 0.15) is 0 Å². The summed E-state index contributed by atoms with van der Waals surface area (Å²) in [6.45, 7) is 6.28. The van der Waals surface area contributed by atoms with Gasteiger partial charge in [-0.3, -0.25) is 4.79 Å². The van der Waals surface area contributed by atoms with Crippen molar-refractivity contribution < 1.29 is 4.79 Å². The van der Waals surface area contributed by atoms with E-state index in [0.717, 1.165) is 12.0 Å². The van der Waals surface area contributed by atoms with Crippen molar-refractivity contribution in [3.05, 3.63) is 48.0 Å². The predicted octanol–water partition coefficient (Wildman–Crippen LogP) is 2.48. The number of benzene rings is 1. The van der Waals surface area contributed by atoms with E-state index in [1.807, 2.05) is 25.1 Å². The van der Waals surface area contributed by atoms with Crippen LogP contribution in [0.4, 0.5) is 0 Å². The van der Waals surface area contributed by atoms with Gasteiger partial charge in [-0.25, -0.2) is 0 Å². The fourth-order valence-corrected chi connectivity index (χ4v) is 1.92. The maximum atomic E-state index is 11.7. The molecule has 16 heavy (non-hydrogen) atoms. The molecule has 1 aromatic carbocycles. The molecule has 0 aromatic heterocycles. The van der Waals surface area contributed by atoms with Crippen LogP contribution in [-0.2, 0) is 4.79 Å². The number of hydrogen-bond acceptors (Lipinski definition) is 1. The summed E-state index contributed by atoms with van der Waals surface area (Å²) in [6, 6.07) is 10.2. The first-order valence-corrected chi connectivity index (χ1v) is 5.65. The second-order valence-corrected chi connectivity index (χ2v) is 4.53. The van der Waals surface area contributed by atoms with Gasteiger partial charge in [0, 0.05) is 12.5 Å². The number of carbonyl (C=O) groups is 1. The molecule has 84 valence electrons. The van der Waals surface area contributed by atoms with Crippen LogP contribution in [0.3, 0.4) is 0 Å². The zero-order valence-electron chi connectivity index (χ0n) is 9.57. The van der Waals surface area contributed by atoms with Crippen LogP contribution in [0.25, 0.3) is 0 Å². The van der Waals surface area contributed by atoms with Gasteiger partial charge in [-0.05, 0) is 24.8 Å². The first-order valence-electron chi connectivity index (χ1n) is 5.65. The van der Waals surface area contributed by atoms with E-state index >= 15 is 0 Å². The third kappa shape index (κ3) is 2.51. The summed E-state index contributed by atoms with van der Waals surface area (Å²) >= 11 is 0. The molecule has 0 radical (unpaired) electrons. The van der Waals surface area contributed by atoms with Crippen molar-refractivity contribution in [3.63, 3.8) is 0 Å². The van der Waals surface area contributed by atoms with Gasteiger partial charge in [0.05, 0.1) is 0 Å². The van der Waals surface area contributed by atoms with Crippen LogP contribution in [0.1, 0.15) is 24.8 Å². The lowest BCUT2D eigenvalue weighted by Crippen LogP contribution is -2.26. The van der Waals surface area contributed by atoms with Gasteiger partial charge in [-0.15, -0.1) is 0 Å². The Balaban J connectivity index is 1.87. The lowest BCUT2D eigenvalue weighted by atomic mass is 10.1. The van der Waals surface area contributed by atoms with Gasteiger partial charge in [0.25, 0.3) is 0 Å². The first kappa shape index (κ1) is 10.9. The summed E-state index contributed by atoms with van der Waals surface area (Å²) in [7, 11) is 0. The van der Waals surface area contributed by atoms with Gasteiger partial charge in [0.2, 0.25) is 5.91 Å². The summed E-state index contributed by atoms with van der Waals surface area (Å²) in [6.07, 6.45) is 0.978. The molecule has 2 unspecified atom stereocenters. The molecule has 1 aromatic rings. The highest BCUT2D eigenvalue weighted by atomic mass is 16.2. The summed E-state index contributed by atoms with van der Waals surface area (Å²) in [5.41, 5.74) is 2.27. The maximum Gasteiger partial charge on any atom is 0.224 e.